The quantitative estimate of drug-likeness (QED) is 0.657. The number of aliphatic hydroxyl groups is 1. The predicted molar refractivity (Wildman–Crippen MR) is 69.7 cm³/mol. The van der Waals surface area contributed by atoms with Crippen LogP contribution in [0.2, 0.25) is 0 Å². The highest BCUT2D eigenvalue weighted by Gasteiger charge is 2.21. The summed E-state index contributed by atoms with van der Waals surface area (Å²) in [5.74, 6) is 0.840. The molecule has 0 heterocycles. The van der Waals surface area contributed by atoms with E-state index < -0.39 is 6.10 Å². The molecule has 1 aromatic carbocycles. The highest BCUT2D eigenvalue weighted by molar-refractivity contribution is 5.16. The van der Waals surface area contributed by atoms with Crippen molar-refractivity contribution in [2.75, 3.05) is 13.1 Å². The zero-order chi connectivity index (χ0) is 12.1. The minimum absolute atomic E-state index is 0.191. The third-order valence-electron chi connectivity index (χ3n) is 3.29. The molecule has 0 spiro atoms. The zero-order valence-corrected chi connectivity index (χ0v) is 10.2. The molecule has 0 bridgehead atoms. The highest BCUT2D eigenvalue weighted by atomic mass is 16.3. The van der Waals surface area contributed by atoms with Crippen molar-refractivity contribution in [3.8, 4) is 0 Å². The number of nitrogens with one attached hydrogen (secondary N) is 1. The van der Waals surface area contributed by atoms with Crippen LogP contribution in [0.5, 0.6) is 0 Å². The molecule has 1 saturated carbocycles. The molecule has 0 aromatic heterocycles. The molecule has 4 N–H and O–H groups in total. The van der Waals surface area contributed by atoms with Crippen LogP contribution in [-0.4, -0.2) is 30.3 Å². The van der Waals surface area contributed by atoms with Gasteiger partial charge >= 0.3 is 0 Å². The van der Waals surface area contributed by atoms with Crippen LogP contribution in [0.15, 0.2) is 30.3 Å². The molecule has 0 saturated heterocycles. The molecule has 2 atom stereocenters. The lowest BCUT2D eigenvalue weighted by Crippen LogP contribution is -2.43. The molecule has 1 aromatic rings. The maximum absolute atomic E-state index is 9.92. The van der Waals surface area contributed by atoms with Crippen LogP contribution in [0.4, 0.5) is 0 Å². The van der Waals surface area contributed by atoms with E-state index in [1.54, 1.807) is 0 Å². The molecule has 1 aliphatic rings. The van der Waals surface area contributed by atoms with Gasteiger partial charge in [0.15, 0.2) is 0 Å². The molecule has 2 rings (SSSR count). The van der Waals surface area contributed by atoms with E-state index in [-0.39, 0.29) is 6.04 Å². The van der Waals surface area contributed by atoms with E-state index in [4.69, 9.17) is 5.73 Å². The lowest BCUT2D eigenvalue weighted by Gasteiger charge is -2.19. The summed E-state index contributed by atoms with van der Waals surface area (Å²) in [4.78, 5) is 0. The van der Waals surface area contributed by atoms with Crippen molar-refractivity contribution in [3.63, 3.8) is 0 Å². The zero-order valence-electron chi connectivity index (χ0n) is 10.2. The Kier molecular flexibility index (Phi) is 4.54. The van der Waals surface area contributed by atoms with Gasteiger partial charge in [-0.15, -0.1) is 0 Å². The van der Waals surface area contributed by atoms with E-state index in [0.29, 0.717) is 6.54 Å². The van der Waals surface area contributed by atoms with Gasteiger partial charge in [0.1, 0.15) is 0 Å². The maximum atomic E-state index is 9.92. The Morgan fingerprint density at radius 1 is 1.29 bits per heavy atom. The Labute approximate surface area is 103 Å². The van der Waals surface area contributed by atoms with Crippen molar-refractivity contribution in [2.24, 2.45) is 11.7 Å². The van der Waals surface area contributed by atoms with Crippen molar-refractivity contribution in [3.05, 3.63) is 35.9 Å². The maximum Gasteiger partial charge on any atom is 0.0818 e. The predicted octanol–water partition coefficient (Wildman–Crippen LogP) is 0.917. The Bertz CT molecular complexity index is 324. The van der Waals surface area contributed by atoms with Crippen LogP contribution in [-0.2, 0) is 6.42 Å². The second kappa shape index (κ2) is 6.15. The molecule has 94 valence electrons. The van der Waals surface area contributed by atoms with Gasteiger partial charge in [-0.3, -0.25) is 0 Å². The van der Waals surface area contributed by atoms with Crippen LogP contribution < -0.4 is 11.1 Å². The summed E-state index contributed by atoms with van der Waals surface area (Å²) in [6.45, 7) is 1.62. The van der Waals surface area contributed by atoms with Gasteiger partial charge in [-0.2, -0.15) is 0 Å². The summed E-state index contributed by atoms with van der Waals surface area (Å²) < 4.78 is 0. The molecule has 0 aliphatic heterocycles. The van der Waals surface area contributed by atoms with Gasteiger partial charge in [-0.25, -0.2) is 0 Å². The topological polar surface area (TPSA) is 58.3 Å². The summed E-state index contributed by atoms with van der Waals surface area (Å²) in [6, 6.07) is 9.89. The first-order valence-electron chi connectivity index (χ1n) is 6.44. The first kappa shape index (κ1) is 12.6. The van der Waals surface area contributed by atoms with Gasteiger partial charge in [0, 0.05) is 12.6 Å². The van der Waals surface area contributed by atoms with Crippen molar-refractivity contribution in [1.29, 1.82) is 0 Å². The SMILES string of the molecule is N[C@@H](Cc1ccccc1)[C@H](O)CNCC1CC1. The fourth-order valence-corrected chi connectivity index (χ4v) is 1.93. The van der Waals surface area contributed by atoms with E-state index in [9.17, 15) is 5.11 Å². The van der Waals surface area contributed by atoms with Gasteiger partial charge < -0.3 is 16.2 Å². The minimum Gasteiger partial charge on any atom is -0.390 e. The third-order valence-corrected chi connectivity index (χ3v) is 3.29. The Morgan fingerprint density at radius 3 is 2.65 bits per heavy atom. The smallest absolute Gasteiger partial charge is 0.0818 e. The number of benzene rings is 1. The lowest BCUT2D eigenvalue weighted by molar-refractivity contribution is 0.141. The van der Waals surface area contributed by atoms with Crippen LogP contribution >= 0.6 is 0 Å². The molecule has 0 unspecified atom stereocenters. The molecule has 3 heteroatoms. The summed E-state index contributed by atoms with van der Waals surface area (Å²) in [6.07, 6.45) is 2.93. The Morgan fingerprint density at radius 2 is 2.00 bits per heavy atom. The molecule has 0 radical (unpaired) electrons. The van der Waals surface area contributed by atoms with Gasteiger partial charge in [-0.05, 0) is 37.3 Å². The van der Waals surface area contributed by atoms with Crippen LogP contribution in [0.25, 0.3) is 0 Å². The van der Waals surface area contributed by atoms with Crippen molar-refractivity contribution < 1.29 is 5.11 Å². The van der Waals surface area contributed by atoms with E-state index in [0.717, 1.165) is 18.9 Å². The number of rotatable bonds is 7. The van der Waals surface area contributed by atoms with E-state index in [2.05, 4.69) is 5.32 Å². The van der Waals surface area contributed by atoms with Crippen LogP contribution in [0.3, 0.4) is 0 Å². The Hall–Kier alpha value is -0.900. The van der Waals surface area contributed by atoms with Gasteiger partial charge in [-0.1, -0.05) is 30.3 Å². The molecule has 1 fully saturated rings. The normalized spacial score (nSPS) is 18.9. The van der Waals surface area contributed by atoms with Gasteiger partial charge in [0.25, 0.3) is 0 Å². The lowest BCUT2D eigenvalue weighted by atomic mass is 10.0. The highest BCUT2D eigenvalue weighted by Crippen LogP contribution is 2.27. The second-order valence-corrected chi connectivity index (χ2v) is 5.02. The molecular weight excluding hydrogens is 212 g/mol. The fourth-order valence-electron chi connectivity index (χ4n) is 1.93. The third kappa shape index (κ3) is 4.46. The van der Waals surface area contributed by atoms with Crippen molar-refractivity contribution in [2.45, 2.75) is 31.4 Å². The second-order valence-electron chi connectivity index (χ2n) is 5.02. The monoisotopic (exact) mass is 234 g/mol. The summed E-state index contributed by atoms with van der Waals surface area (Å²) in [5.41, 5.74) is 7.17. The van der Waals surface area contributed by atoms with E-state index in [1.807, 2.05) is 30.3 Å². The average Bonchev–Trinajstić information content (AvgIpc) is 3.14. The van der Waals surface area contributed by atoms with Gasteiger partial charge in [0.2, 0.25) is 0 Å². The summed E-state index contributed by atoms with van der Waals surface area (Å²) in [7, 11) is 0. The number of nitrogens with two attached hydrogens (primary N) is 1. The van der Waals surface area contributed by atoms with Crippen LogP contribution in [0, 0.1) is 5.92 Å². The summed E-state index contributed by atoms with van der Waals surface area (Å²) >= 11 is 0. The summed E-state index contributed by atoms with van der Waals surface area (Å²) in [5, 5.41) is 13.2. The first-order valence-corrected chi connectivity index (χ1v) is 6.44. The largest absolute Gasteiger partial charge is 0.390 e. The minimum atomic E-state index is -0.464. The van der Waals surface area contributed by atoms with E-state index in [1.165, 1.54) is 18.4 Å². The van der Waals surface area contributed by atoms with E-state index >= 15 is 0 Å². The molecule has 3 nitrogen and oxygen atoms in total. The fraction of sp³-hybridized carbons (Fsp3) is 0.571. The number of hydrogen-bond donors (Lipinski definition) is 3. The van der Waals surface area contributed by atoms with Crippen molar-refractivity contribution in [1.82, 2.24) is 5.32 Å². The number of aliphatic hydroxyl groups excluding tert-OH is 1. The molecular formula is C14H22N2O. The van der Waals surface area contributed by atoms with Crippen LogP contribution in [0.1, 0.15) is 18.4 Å². The standard InChI is InChI=1S/C14H22N2O/c15-13(8-11-4-2-1-3-5-11)14(17)10-16-9-12-6-7-12/h1-5,12-14,16-17H,6-10,15H2/t13-,14+/m0/s1. The molecule has 1 aliphatic carbocycles. The molecule has 17 heavy (non-hydrogen) atoms. The first-order chi connectivity index (χ1) is 8.25. The number of hydrogen-bond acceptors (Lipinski definition) is 3. The Balaban J connectivity index is 1.68. The average molecular weight is 234 g/mol. The molecule has 0 amide bonds. The van der Waals surface area contributed by atoms with Crippen molar-refractivity contribution >= 4 is 0 Å². The van der Waals surface area contributed by atoms with Gasteiger partial charge in [0.05, 0.1) is 6.10 Å².